The van der Waals surface area contributed by atoms with E-state index in [1.807, 2.05) is 11.4 Å². The molecule has 1 aromatic carbocycles. The molecule has 112 valence electrons. The lowest BCUT2D eigenvalue weighted by Gasteiger charge is -2.23. The zero-order chi connectivity index (χ0) is 15.0. The minimum atomic E-state index is -3.56. The van der Waals surface area contributed by atoms with Crippen LogP contribution in [-0.4, -0.2) is 8.42 Å². The quantitative estimate of drug-likeness (QED) is 0.740. The summed E-state index contributed by atoms with van der Waals surface area (Å²) in [6.45, 7) is 0. The zero-order valence-corrected chi connectivity index (χ0v) is 15.8. The fraction of sp³-hybridized carbons (Fsp3) is 0.286. The Labute approximate surface area is 145 Å². The lowest BCUT2D eigenvalue weighted by molar-refractivity contribution is 0.511. The van der Waals surface area contributed by atoms with Crippen LogP contribution in [0.4, 0.5) is 0 Å². The third-order valence-electron chi connectivity index (χ3n) is 3.53. The summed E-state index contributed by atoms with van der Waals surface area (Å²) in [5.41, 5.74) is 1.13. The van der Waals surface area contributed by atoms with E-state index in [2.05, 4.69) is 36.6 Å². The van der Waals surface area contributed by atoms with Crippen LogP contribution in [0.25, 0.3) is 0 Å². The Hall–Kier alpha value is -0.210. The molecule has 3 rings (SSSR count). The molecule has 0 spiro atoms. The molecule has 2 aromatic rings. The number of fused-ring (bicyclic) bond motifs is 1. The molecular weight excluding hydrogens is 438 g/mol. The third kappa shape index (κ3) is 3.27. The molecule has 0 saturated heterocycles. The number of hydrogen-bond acceptors (Lipinski definition) is 3. The van der Waals surface area contributed by atoms with E-state index in [0.29, 0.717) is 4.47 Å². The molecule has 0 bridgehead atoms. The molecule has 0 fully saturated rings. The molecule has 1 unspecified atom stereocenters. The molecule has 1 heterocycles. The van der Waals surface area contributed by atoms with Gasteiger partial charge < -0.3 is 0 Å². The van der Waals surface area contributed by atoms with Gasteiger partial charge in [-0.2, -0.15) is 0 Å². The van der Waals surface area contributed by atoms with Crippen LogP contribution >= 0.6 is 43.2 Å². The molecule has 21 heavy (non-hydrogen) atoms. The highest BCUT2D eigenvalue weighted by molar-refractivity contribution is 9.11. The predicted molar refractivity (Wildman–Crippen MR) is 92.2 cm³/mol. The van der Waals surface area contributed by atoms with E-state index in [0.717, 1.165) is 29.3 Å². The Morgan fingerprint density at radius 1 is 1.24 bits per heavy atom. The van der Waals surface area contributed by atoms with Crippen molar-refractivity contribution < 1.29 is 8.42 Å². The summed E-state index contributed by atoms with van der Waals surface area (Å²) in [7, 11) is -3.56. The molecule has 0 saturated carbocycles. The van der Waals surface area contributed by atoms with E-state index in [9.17, 15) is 8.42 Å². The van der Waals surface area contributed by atoms with Crippen molar-refractivity contribution in [2.24, 2.45) is 0 Å². The van der Waals surface area contributed by atoms with Crippen LogP contribution in [0.5, 0.6) is 0 Å². The van der Waals surface area contributed by atoms with Gasteiger partial charge >= 0.3 is 0 Å². The SMILES string of the molecule is O=S(=O)(NC1CCCc2sccc21)c1cc(Br)ccc1Br. The molecule has 1 aliphatic rings. The number of rotatable bonds is 3. The van der Waals surface area contributed by atoms with Crippen LogP contribution in [0, 0.1) is 0 Å². The number of aryl methyl sites for hydroxylation is 1. The van der Waals surface area contributed by atoms with Gasteiger partial charge in [-0.1, -0.05) is 15.9 Å². The Morgan fingerprint density at radius 2 is 2.05 bits per heavy atom. The standard InChI is InChI=1S/C14H13Br2NO2S2/c15-9-4-5-11(16)14(8-9)21(18,19)17-12-2-1-3-13-10(12)6-7-20-13/h4-8,12,17H,1-3H2. The second-order valence-electron chi connectivity index (χ2n) is 4.94. The summed E-state index contributed by atoms with van der Waals surface area (Å²) < 4.78 is 29.5. The van der Waals surface area contributed by atoms with Crippen LogP contribution in [0.2, 0.25) is 0 Å². The minimum Gasteiger partial charge on any atom is -0.207 e. The summed E-state index contributed by atoms with van der Waals surface area (Å²) >= 11 is 8.34. The number of nitrogens with one attached hydrogen (secondary N) is 1. The van der Waals surface area contributed by atoms with Gasteiger partial charge in [0.2, 0.25) is 10.0 Å². The van der Waals surface area contributed by atoms with E-state index in [4.69, 9.17) is 0 Å². The van der Waals surface area contributed by atoms with Crippen molar-refractivity contribution in [2.45, 2.75) is 30.2 Å². The number of benzene rings is 1. The van der Waals surface area contributed by atoms with E-state index < -0.39 is 10.0 Å². The molecule has 0 aliphatic heterocycles. The molecule has 3 nitrogen and oxygen atoms in total. The molecule has 0 amide bonds. The highest BCUT2D eigenvalue weighted by Crippen LogP contribution is 2.35. The number of halogens is 2. The number of hydrogen-bond donors (Lipinski definition) is 1. The summed E-state index contributed by atoms with van der Waals surface area (Å²) in [6, 6.07) is 7.05. The van der Waals surface area contributed by atoms with E-state index in [1.165, 1.54) is 4.88 Å². The second-order valence-corrected chi connectivity index (χ2v) is 9.39. The van der Waals surface area contributed by atoms with Crippen LogP contribution < -0.4 is 4.72 Å². The van der Waals surface area contributed by atoms with Crippen LogP contribution in [0.1, 0.15) is 29.3 Å². The van der Waals surface area contributed by atoms with Crippen molar-refractivity contribution in [3.63, 3.8) is 0 Å². The van der Waals surface area contributed by atoms with Crippen molar-refractivity contribution in [1.82, 2.24) is 4.72 Å². The largest absolute Gasteiger partial charge is 0.242 e. The number of thiophene rings is 1. The van der Waals surface area contributed by atoms with Gasteiger partial charge in [0.05, 0.1) is 4.90 Å². The lowest BCUT2D eigenvalue weighted by atomic mass is 9.95. The molecule has 7 heteroatoms. The van der Waals surface area contributed by atoms with Gasteiger partial charge in [-0.15, -0.1) is 11.3 Å². The van der Waals surface area contributed by atoms with Gasteiger partial charge in [-0.05, 0) is 70.4 Å². The van der Waals surface area contributed by atoms with E-state index in [1.54, 1.807) is 29.5 Å². The minimum absolute atomic E-state index is 0.129. The smallest absolute Gasteiger partial charge is 0.207 e. The van der Waals surface area contributed by atoms with E-state index >= 15 is 0 Å². The Morgan fingerprint density at radius 3 is 2.86 bits per heavy atom. The maximum Gasteiger partial charge on any atom is 0.242 e. The average Bonchev–Trinajstić information content (AvgIpc) is 2.90. The first-order chi connectivity index (χ1) is 9.97. The second kappa shape index (κ2) is 6.12. The average molecular weight is 451 g/mol. The first kappa shape index (κ1) is 15.7. The topological polar surface area (TPSA) is 46.2 Å². The van der Waals surface area contributed by atoms with Crippen molar-refractivity contribution >= 4 is 53.2 Å². The lowest BCUT2D eigenvalue weighted by Crippen LogP contribution is -2.30. The normalized spacial score (nSPS) is 18.5. The first-order valence-electron chi connectivity index (χ1n) is 6.51. The van der Waals surface area contributed by atoms with Crippen LogP contribution in [0.15, 0.2) is 43.5 Å². The first-order valence-corrected chi connectivity index (χ1v) is 10.5. The summed E-state index contributed by atoms with van der Waals surface area (Å²) in [5, 5.41) is 2.03. The highest BCUT2D eigenvalue weighted by atomic mass is 79.9. The molecule has 1 aliphatic carbocycles. The monoisotopic (exact) mass is 449 g/mol. The summed E-state index contributed by atoms with van der Waals surface area (Å²) in [4.78, 5) is 1.56. The van der Waals surface area contributed by atoms with Gasteiger partial charge in [0.15, 0.2) is 0 Å². The van der Waals surface area contributed by atoms with Gasteiger partial charge in [0.1, 0.15) is 0 Å². The van der Waals surface area contributed by atoms with Crippen molar-refractivity contribution in [1.29, 1.82) is 0 Å². The fourth-order valence-corrected chi connectivity index (χ4v) is 6.28. The molecule has 1 N–H and O–H groups in total. The zero-order valence-electron chi connectivity index (χ0n) is 11.0. The van der Waals surface area contributed by atoms with Crippen LogP contribution in [-0.2, 0) is 16.4 Å². The summed E-state index contributed by atoms with van der Waals surface area (Å²) in [5.74, 6) is 0. The Bertz CT molecular complexity index is 771. The Kier molecular flexibility index (Phi) is 4.57. The summed E-state index contributed by atoms with van der Waals surface area (Å²) in [6.07, 6.45) is 2.90. The van der Waals surface area contributed by atoms with Gasteiger partial charge in [0.25, 0.3) is 0 Å². The fourth-order valence-electron chi connectivity index (χ4n) is 2.54. The highest BCUT2D eigenvalue weighted by Gasteiger charge is 2.27. The predicted octanol–water partition coefficient (Wildman–Crippen LogP) is 4.63. The molecule has 1 aromatic heterocycles. The maximum absolute atomic E-state index is 12.6. The van der Waals surface area contributed by atoms with Crippen molar-refractivity contribution in [3.05, 3.63) is 49.0 Å². The van der Waals surface area contributed by atoms with Crippen LogP contribution in [0.3, 0.4) is 0 Å². The van der Waals surface area contributed by atoms with Gasteiger partial charge in [-0.25, -0.2) is 13.1 Å². The maximum atomic E-state index is 12.6. The third-order valence-corrected chi connectivity index (χ3v) is 7.49. The molecular formula is C14H13Br2NO2S2. The molecule has 1 atom stereocenters. The van der Waals surface area contributed by atoms with Crippen molar-refractivity contribution in [3.8, 4) is 0 Å². The van der Waals surface area contributed by atoms with Gasteiger partial charge in [0, 0.05) is 19.9 Å². The Balaban J connectivity index is 1.93. The van der Waals surface area contributed by atoms with Gasteiger partial charge in [-0.3, -0.25) is 0 Å². The van der Waals surface area contributed by atoms with E-state index in [-0.39, 0.29) is 10.9 Å². The number of sulfonamides is 1. The molecule has 0 radical (unpaired) electrons. The van der Waals surface area contributed by atoms with Crippen molar-refractivity contribution in [2.75, 3.05) is 0 Å².